The minimum absolute atomic E-state index is 0.0479. The van der Waals surface area contributed by atoms with Crippen LogP contribution in [0.2, 0.25) is 0 Å². The van der Waals surface area contributed by atoms with Crippen molar-refractivity contribution in [1.29, 1.82) is 0 Å². The maximum absolute atomic E-state index is 11.2. The third-order valence-corrected chi connectivity index (χ3v) is 10.2. The smallest absolute Gasteiger partial charge is 0.269 e. The molecule has 1 aromatic rings. The zero-order valence-corrected chi connectivity index (χ0v) is 19.6. The van der Waals surface area contributed by atoms with Crippen LogP contribution in [0, 0.1) is 57.0 Å². The third kappa shape index (κ3) is 3.39. The summed E-state index contributed by atoms with van der Waals surface area (Å²) >= 11 is 0. The first kappa shape index (κ1) is 22.4. The number of benzene rings is 1. The van der Waals surface area contributed by atoms with E-state index >= 15 is 0 Å². The highest BCUT2D eigenvalue weighted by Crippen LogP contribution is 2.68. The first-order chi connectivity index (χ1) is 15.7. The van der Waals surface area contributed by atoms with Gasteiger partial charge in [0.1, 0.15) is 5.60 Å². The number of nitro groups is 1. The van der Waals surface area contributed by atoms with Gasteiger partial charge in [0.25, 0.3) is 5.69 Å². The van der Waals surface area contributed by atoms with E-state index < -0.39 is 10.5 Å². The summed E-state index contributed by atoms with van der Waals surface area (Å²) in [6, 6.07) is 6.07. The lowest BCUT2D eigenvalue weighted by Crippen LogP contribution is -2.56. The van der Waals surface area contributed by atoms with Gasteiger partial charge in [0.15, 0.2) is 5.75 Å². The zero-order chi connectivity index (χ0) is 23.4. The average Bonchev–Trinajstić information content (AvgIpc) is 3.09. The van der Waals surface area contributed by atoms with E-state index in [2.05, 4.69) is 24.9 Å². The third-order valence-electron chi connectivity index (χ3n) is 10.2. The second-order valence-electron chi connectivity index (χ2n) is 11.4. The van der Waals surface area contributed by atoms with E-state index in [9.17, 15) is 15.2 Å². The fourth-order valence-corrected chi connectivity index (χ4v) is 8.14. The lowest BCUT2D eigenvalue weighted by Gasteiger charge is -2.60. The molecule has 0 bridgehead atoms. The minimum Gasteiger partial charge on any atom is -0.377 e. The molecule has 6 heteroatoms. The summed E-state index contributed by atoms with van der Waals surface area (Å²) in [6.07, 6.45) is 15.2. The SMILES string of the molecule is C#C[C@]1(O)CC[C@H]2[C@@H]3CC[C@H]4C/C(=N/Oc5ccc([N+](=O)[O-])cc5)CC[C@]4(C)[C@H]3CC[C@@]21C. The van der Waals surface area contributed by atoms with Crippen molar-refractivity contribution in [3.8, 4) is 18.1 Å². The summed E-state index contributed by atoms with van der Waals surface area (Å²) in [5.41, 5.74) is 0.353. The molecule has 0 heterocycles. The topological polar surface area (TPSA) is 85.0 Å². The molecule has 4 aliphatic carbocycles. The van der Waals surface area contributed by atoms with E-state index in [0.29, 0.717) is 34.8 Å². The molecule has 1 aromatic carbocycles. The number of hydrogen-bond acceptors (Lipinski definition) is 5. The first-order valence-electron chi connectivity index (χ1n) is 12.4. The Hall–Kier alpha value is -2.39. The highest BCUT2D eigenvalue weighted by Gasteiger charge is 2.64. The lowest BCUT2D eigenvalue weighted by molar-refractivity contribution is -0.384. The van der Waals surface area contributed by atoms with Crippen LogP contribution < -0.4 is 4.84 Å². The molecule has 4 aliphatic rings. The van der Waals surface area contributed by atoms with E-state index in [0.717, 1.165) is 50.7 Å². The predicted octanol–water partition coefficient (Wildman–Crippen LogP) is 5.74. The van der Waals surface area contributed by atoms with Gasteiger partial charge in [-0.15, -0.1) is 6.42 Å². The summed E-state index contributed by atoms with van der Waals surface area (Å²) in [5, 5.41) is 26.4. The molecule has 0 amide bonds. The van der Waals surface area contributed by atoms with Crippen LogP contribution in [-0.2, 0) is 0 Å². The maximum atomic E-state index is 11.2. The number of rotatable bonds is 3. The van der Waals surface area contributed by atoms with Crippen LogP contribution in [0.4, 0.5) is 5.69 Å². The Balaban J connectivity index is 1.28. The highest BCUT2D eigenvalue weighted by atomic mass is 16.6. The molecule has 7 atom stereocenters. The van der Waals surface area contributed by atoms with Crippen molar-refractivity contribution in [3.05, 3.63) is 34.4 Å². The Morgan fingerprint density at radius 1 is 1.12 bits per heavy atom. The van der Waals surface area contributed by atoms with Crippen LogP contribution in [0.1, 0.15) is 71.6 Å². The number of terminal acetylenes is 1. The summed E-state index contributed by atoms with van der Waals surface area (Å²) in [5.74, 6) is 5.77. The Labute approximate surface area is 195 Å². The molecular formula is C27H34N2O4. The first-order valence-corrected chi connectivity index (χ1v) is 12.4. The number of nitrogens with zero attached hydrogens (tertiary/aromatic N) is 2. The zero-order valence-electron chi connectivity index (χ0n) is 19.6. The van der Waals surface area contributed by atoms with Gasteiger partial charge < -0.3 is 9.94 Å². The molecular weight excluding hydrogens is 416 g/mol. The molecule has 176 valence electrons. The van der Waals surface area contributed by atoms with Gasteiger partial charge in [-0.2, -0.15) is 0 Å². The van der Waals surface area contributed by atoms with Crippen molar-refractivity contribution in [3.63, 3.8) is 0 Å². The Kier molecular flexibility index (Phi) is 5.32. The van der Waals surface area contributed by atoms with Gasteiger partial charge in [-0.3, -0.25) is 10.1 Å². The molecule has 6 nitrogen and oxygen atoms in total. The van der Waals surface area contributed by atoms with Gasteiger partial charge in [0, 0.05) is 17.5 Å². The molecule has 0 radical (unpaired) electrons. The van der Waals surface area contributed by atoms with Crippen molar-refractivity contribution < 1.29 is 14.9 Å². The lowest BCUT2D eigenvalue weighted by atomic mass is 9.44. The average molecular weight is 451 g/mol. The number of nitro benzene ring substituents is 1. The van der Waals surface area contributed by atoms with Crippen LogP contribution in [0.25, 0.3) is 0 Å². The van der Waals surface area contributed by atoms with Crippen molar-refractivity contribution in [1.82, 2.24) is 0 Å². The molecule has 1 N–H and O–H groups in total. The molecule has 0 unspecified atom stereocenters. The van der Waals surface area contributed by atoms with Gasteiger partial charge in [-0.25, -0.2) is 0 Å². The van der Waals surface area contributed by atoms with E-state index in [-0.39, 0.29) is 11.1 Å². The van der Waals surface area contributed by atoms with E-state index in [1.165, 1.54) is 25.0 Å². The quantitative estimate of drug-likeness (QED) is 0.362. The van der Waals surface area contributed by atoms with Crippen molar-refractivity contribution >= 4 is 11.4 Å². The molecule has 0 aliphatic heterocycles. The molecule has 4 saturated carbocycles. The fourth-order valence-electron chi connectivity index (χ4n) is 8.14. The monoisotopic (exact) mass is 450 g/mol. The van der Waals surface area contributed by atoms with Crippen molar-refractivity contribution in [2.24, 2.45) is 39.7 Å². The Morgan fingerprint density at radius 3 is 2.55 bits per heavy atom. The number of hydrogen-bond donors (Lipinski definition) is 1. The molecule has 4 fully saturated rings. The van der Waals surface area contributed by atoms with Gasteiger partial charge in [-0.05, 0) is 99.0 Å². The number of oxime groups is 1. The predicted molar refractivity (Wildman–Crippen MR) is 127 cm³/mol. The fraction of sp³-hybridized carbons (Fsp3) is 0.667. The van der Waals surface area contributed by atoms with E-state index in [1.807, 2.05) is 0 Å². The van der Waals surface area contributed by atoms with Crippen LogP contribution >= 0.6 is 0 Å². The maximum Gasteiger partial charge on any atom is 0.269 e. The second kappa shape index (κ2) is 7.84. The van der Waals surface area contributed by atoms with Crippen LogP contribution in [-0.4, -0.2) is 21.3 Å². The largest absolute Gasteiger partial charge is 0.377 e. The van der Waals surface area contributed by atoms with Gasteiger partial charge in [-0.1, -0.05) is 24.9 Å². The summed E-state index contributed by atoms with van der Waals surface area (Å²) < 4.78 is 0. The second-order valence-corrected chi connectivity index (χ2v) is 11.4. The number of aliphatic hydroxyl groups is 1. The van der Waals surface area contributed by atoms with Crippen LogP contribution in [0.3, 0.4) is 0 Å². The number of fused-ring (bicyclic) bond motifs is 5. The standard InChI is InChI=1S/C27H34N2O4/c1-4-27(30)16-13-24-22-10-5-18-17-19(28-33-21-8-6-20(7-9-21)29(31)32)11-14-25(18,2)23(22)12-15-26(24,27)3/h1,6-9,18,22-24,30H,5,10-17H2,2-3H3/b28-19+/t18-,22+,23-,24-,25-,26-,27-/m0/s1. The minimum atomic E-state index is -0.942. The summed E-state index contributed by atoms with van der Waals surface area (Å²) in [6.45, 7) is 4.74. The molecule has 0 saturated heterocycles. The Morgan fingerprint density at radius 2 is 1.85 bits per heavy atom. The molecule has 5 rings (SSSR count). The molecule has 0 aromatic heterocycles. The highest BCUT2D eigenvalue weighted by molar-refractivity contribution is 5.85. The van der Waals surface area contributed by atoms with Crippen molar-refractivity contribution in [2.75, 3.05) is 0 Å². The van der Waals surface area contributed by atoms with Crippen LogP contribution in [0.15, 0.2) is 29.4 Å². The van der Waals surface area contributed by atoms with E-state index in [4.69, 9.17) is 11.3 Å². The Bertz CT molecular complexity index is 1010. The summed E-state index contributed by atoms with van der Waals surface area (Å²) in [4.78, 5) is 16.0. The van der Waals surface area contributed by atoms with Gasteiger partial charge in [0.2, 0.25) is 0 Å². The molecule has 0 spiro atoms. The molecule has 33 heavy (non-hydrogen) atoms. The normalized spacial score (nSPS) is 43.2. The van der Waals surface area contributed by atoms with Crippen LogP contribution in [0.5, 0.6) is 5.75 Å². The van der Waals surface area contributed by atoms with E-state index in [1.54, 1.807) is 12.1 Å². The number of non-ortho nitro benzene ring substituents is 1. The van der Waals surface area contributed by atoms with Gasteiger partial charge >= 0.3 is 0 Å². The van der Waals surface area contributed by atoms with Crippen molar-refractivity contribution in [2.45, 2.75) is 77.2 Å². The summed E-state index contributed by atoms with van der Waals surface area (Å²) in [7, 11) is 0. The van der Waals surface area contributed by atoms with Gasteiger partial charge in [0.05, 0.1) is 10.6 Å².